The highest BCUT2D eigenvalue weighted by molar-refractivity contribution is 6.17. The molecule has 1 rings (SSSR count). The van der Waals surface area contributed by atoms with Crippen molar-refractivity contribution in [2.45, 2.75) is 20.8 Å². The van der Waals surface area contributed by atoms with E-state index in [0.29, 0.717) is 5.69 Å². The number of nitrogens with zero attached hydrogens (tertiary/aromatic N) is 1. The molecule has 1 heterocycles. The van der Waals surface area contributed by atoms with Crippen LogP contribution in [0.1, 0.15) is 25.2 Å². The third kappa shape index (κ3) is 4.54. The van der Waals surface area contributed by atoms with Crippen molar-refractivity contribution in [2.75, 3.05) is 13.2 Å². The number of hydrogen-bond acceptors (Lipinski definition) is 5. The maximum atomic E-state index is 11.7. The molecule has 0 radical (unpaired) electrons. The lowest BCUT2D eigenvalue weighted by atomic mass is 10.2. The van der Waals surface area contributed by atoms with Crippen LogP contribution in [0.25, 0.3) is 6.08 Å². The number of pyridine rings is 1. The summed E-state index contributed by atoms with van der Waals surface area (Å²) in [5.41, 5.74) is 1.15. The molecule has 0 amide bonds. The van der Waals surface area contributed by atoms with Crippen molar-refractivity contribution < 1.29 is 19.1 Å². The number of ether oxygens (including phenoxy) is 2. The van der Waals surface area contributed by atoms with Crippen molar-refractivity contribution in [3.63, 3.8) is 0 Å². The number of aromatic nitrogens is 1. The molecule has 0 bridgehead atoms. The number of aryl methyl sites for hydroxylation is 1. The van der Waals surface area contributed by atoms with Gasteiger partial charge in [-0.05, 0) is 39.0 Å². The largest absolute Gasteiger partial charge is 0.462 e. The molecule has 0 saturated heterocycles. The summed E-state index contributed by atoms with van der Waals surface area (Å²) in [4.78, 5) is 27.7. The van der Waals surface area contributed by atoms with E-state index in [2.05, 4.69) is 4.98 Å². The van der Waals surface area contributed by atoms with E-state index < -0.39 is 11.9 Å². The molecular formula is C14H17NO4. The Labute approximate surface area is 112 Å². The van der Waals surface area contributed by atoms with Crippen LogP contribution >= 0.6 is 0 Å². The summed E-state index contributed by atoms with van der Waals surface area (Å²) < 4.78 is 9.68. The predicted octanol–water partition coefficient (Wildman–Crippen LogP) is 1.90. The second-order valence-electron chi connectivity index (χ2n) is 3.70. The highest BCUT2D eigenvalue weighted by Gasteiger charge is 2.21. The molecule has 1 aromatic rings. The van der Waals surface area contributed by atoms with Gasteiger partial charge in [0.25, 0.3) is 0 Å². The van der Waals surface area contributed by atoms with E-state index in [1.54, 1.807) is 26.0 Å². The lowest BCUT2D eigenvalue weighted by Gasteiger charge is -2.06. The first kappa shape index (κ1) is 14.9. The van der Waals surface area contributed by atoms with E-state index in [0.717, 1.165) is 5.69 Å². The lowest BCUT2D eigenvalue weighted by molar-refractivity contribution is -0.146. The molecule has 0 atom stereocenters. The van der Waals surface area contributed by atoms with Crippen LogP contribution < -0.4 is 0 Å². The molecule has 0 spiro atoms. The van der Waals surface area contributed by atoms with Crippen molar-refractivity contribution in [3.8, 4) is 0 Å². The van der Waals surface area contributed by atoms with E-state index in [9.17, 15) is 9.59 Å². The first-order valence-electron chi connectivity index (χ1n) is 6.08. The summed E-state index contributed by atoms with van der Waals surface area (Å²) in [6, 6.07) is 5.32. The second kappa shape index (κ2) is 7.31. The van der Waals surface area contributed by atoms with Crippen LogP contribution in [0.2, 0.25) is 0 Å². The Morgan fingerprint density at radius 3 is 2.21 bits per heavy atom. The van der Waals surface area contributed by atoms with E-state index >= 15 is 0 Å². The molecule has 0 fully saturated rings. The van der Waals surface area contributed by atoms with Gasteiger partial charge in [0.1, 0.15) is 5.57 Å². The zero-order valence-electron chi connectivity index (χ0n) is 11.3. The van der Waals surface area contributed by atoms with Crippen molar-refractivity contribution in [1.29, 1.82) is 0 Å². The maximum Gasteiger partial charge on any atom is 0.345 e. The van der Waals surface area contributed by atoms with E-state index in [1.165, 1.54) is 6.08 Å². The van der Waals surface area contributed by atoms with Crippen molar-refractivity contribution in [3.05, 3.63) is 35.2 Å². The first-order valence-corrected chi connectivity index (χ1v) is 6.08. The summed E-state index contributed by atoms with van der Waals surface area (Å²) >= 11 is 0. The van der Waals surface area contributed by atoms with Gasteiger partial charge in [-0.3, -0.25) is 4.98 Å². The summed E-state index contributed by atoms with van der Waals surface area (Å²) in [7, 11) is 0. The van der Waals surface area contributed by atoms with E-state index in [-0.39, 0.29) is 18.8 Å². The van der Waals surface area contributed by atoms with Crippen LogP contribution in [0, 0.1) is 6.92 Å². The lowest BCUT2D eigenvalue weighted by Crippen LogP contribution is -2.18. The van der Waals surface area contributed by atoms with Crippen molar-refractivity contribution >= 4 is 18.0 Å². The molecule has 19 heavy (non-hydrogen) atoms. The van der Waals surface area contributed by atoms with Gasteiger partial charge in [0.05, 0.1) is 18.9 Å². The minimum atomic E-state index is -0.704. The smallest absolute Gasteiger partial charge is 0.345 e. The number of hydrogen-bond donors (Lipinski definition) is 0. The molecule has 0 N–H and O–H groups in total. The van der Waals surface area contributed by atoms with Gasteiger partial charge in [-0.25, -0.2) is 9.59 Å². The minimum absolute atomic E-state index is 0.151. The zero-order chi connectivity index (χ0) is 14.3. The molecule has 0 aliphatic rings. The SMILES string of the molecule is CCOC(=O)C(=Cc1cccc(C)n1)C(=O)OCC. The van der Waals surface area contributed by atoms with Crippen LogP contribution in [0.4, 0.5) is 0 Å². The Morgan fingerprint density at radius 1 is 1.16 bits per heavy atom. The quantitative estimate of drug-likeness (QED) is 0.351. The molecule has 0 aromatic carbocycles. The van der Waals surface area contributed by atoms with Crippen LogP contribution in [0.3, 0.4) is 0 Å². The molecule has 0 aliphatic carbocycles. The fourth-order valence-corrected chi connectivity index (χ4v) is 1.41. The van der Waals surface area contributed by atoms with E-state index in [1.807, 2.05) is 13.0 Å². The highest BCUT2D eigenvalue weighted by Crippen LogP contribution is 2.09. The van der Waals surface area contributed by atoms with Gasteiger partial charge in [-0.15, -0.1) is 0 Å². The van der Waals surface area contributed by atoms with Crippen molar-refractivity contribution in [2.24, 2.45) is 0 Å². The normalized spacial score (nSPS) is 9.63. The summed E-state index contributed by atoms with van der Waals surface area (Å²) in [5.74, 6) is -1.41. The molecule has 5 nitrogen and oxygen atoms in total. The average molecular weight is 263 g/mol. The van der Waals surface area contributed by atoms with Crippen LogP contribution in [0.15, 0.2) is 23.8 Å². The van der Waals surface area contributed by atoms with Gasteiger partial charge in [0, 0.05) is 5.69 Å². The van der Waals surface area contributed by atoms with Gasteiger partial charge in [-0.2, -0.15) is 0 Å². The number of esters is 2. The van der Waals surface area contributed by atoms with Gasteiger partial charge in [0.15, 0.2) is 0 Å². The van der Waals surface area contributed by atoms with Gasteiger partial charge >= 0.3 is 11.9 Å². The molecule has 102 valence electrons. The third-order valence-corrected chi connectivity index (χ3v) is 2.19. The van der Waals surface area contributed by atoms with Crippen molar-refractivity contribution in [1.82, 2.24) is 4.98 Å². The number of rotatable bonds is 5. The fraction of sp³-hybridized carbons (Fsp3) is 0.357. The minimum Gasteiger partial charge on any atom is -0.462 e. The van der Waals surface area contributed by atoms with Gasteiger partial charge in [0.2, 0.25) is 0 Å². The van der Waals surface area contributed by atoms with Gasteiger partial charge < -0.3 is 9.47 Å². The summed E-state index contributed by atoms with van der Waals surface area (Å²) in [6.07, 6.45) is 1.38. The number of carbonyl (C=O) groups is 2. The van der Waals surface area contributed by atoms with Crippen LogP contribution in [0.5, 0.6) is 0 Å². The zero-order valence-corrected chi connectivity index (χ0v) is 11.3. The standard InChI is InChI=1S/C14H17NO4/c1-4-18-13(16)12(14(17)19-5-2)9-11-8-6-7-10(3)15-11/h6-9H,4-5H2,1-3H3. The molecule has 0 unspecified atom stereocenters. The fourth-order valence-electron chi connectivity index (χ4n) is 1.41. The summed E-state index contributed by atoms with van der Waals surface area (Å²) in [5, 5.41) is 0. The van der Waals surface area contributed by atoms with Gasteiger partial charge in [-0.1, -0.05) is 6.07 Å². The first-order chi connectivity index (χ1) is 9.08. The molecule has 0 aliphatic heterocycles. The van der Waals surface area contributed by atoms with Crippen LogP contribution in [-0.4, -0.2) is 30.1 Å². The third-order valence-electron chi connectivity index (χ3n) is 2.19. The number of carbonyl (C=O) groups excluding carboxylic acids is 2. The second-order valence-corrected chi connectivity index (χ2v) is 3.70. The molecule has 1 aromatic heterocycles. The molecule has 5 heteroatoms. The topological polar surface area (TPSA) is 65.5 Å². The molecular weight excluding hydrogens is 246 g/mol. The summed E-state index contributed by atoms with van der Waals surface area (Å²) in [6.45, 7) is 5.55. The Morgan fingerprint density at radius 2 is 1.74 bits per heavy atom. The Hall–Kier alpha value is -2.17. The highest BCUT2D eigenvalue weighted by atomic mass is 16.6. The molecule has 0 saturated carbocycles. The maximum absolute atomic E-state index is 11.7. The Bertz CT molecular complexity index is 474. The average Bonchev–Trinajstić information content (AvgIpc) is 2.36. The monoisotopic (exact) mass is 263 g/mol. The van der Waals surface area contributed by atoms with E-state index in [4.69, 9.17) is 9.47 Å². The Kier molecular flexibility index (Phi) is 5.73. The van der Waals surface area contributed by atoms with Crippen LogP contribution in [-0.2, 0) is 19.1 Å². The Balaban J connectivity index is 3.08. The predicted molar refractivity (Wildman–Crippen MR) is 70.2 cm³/mol.